The molecule has 0 saturated carbocycles. The summed E-state index contributed by atoms with van der Waals surface area (Å²) in [4.78, 5) is 19.3. The molecule has 0 aliphatic carbocycles. The van der Waals surface area contributed by atoms with Crippen LogP contribution in [0.4, 0.5) is 0 Å². The Kier molecular flexibility index (Phi) is 5.14. The summed E-state index contributed by atoms with van der Waals surface area (Å²) in [7, 11) is 0. The van der Waals surface area contributed by atoms with Gasteiger partial charge >= 0.3 is 0 Å². The largest absolute Gasteiger partial charge is 0.493 e. The van der Waals surface area contributed by atoms with E-state index in [1.807, 2.05) is 30.3 Å². The summed E-state index contributed by atoms with van der Waals surface area (Å²) in [5.41, 5.74) is 1.38. The van der Waals surface area contributed by atoms with Crippen molar-refractivity contribution in [2.75, 3.05) is 6.61 Å². The number of rotatable bonds is 5. The van der Waals surface area contributed by atoms with Crippen molar-refractivity contribution in [3.63, 3.8) is 0 Å². The van der Waals surface area contributed by atoms with Crippen molar-refractivity contribution in [2.24, 2.45) is 5.92 Å². The average molecular weight is 345 g/mol. The fourth-order valence-corrected chi connectivity index (χ4v) is 2.49. The number of aromatic nitrogens is 2. The summed E-state index contributed by atoms with van der Waals surface area (Å²) >= 11 is 0. The monoisotopic (exact) mass is 345 g/mol. The van der Waals surface area contributed by atoms with Gasteiger partial charge in [0.1, 0.15) is 11.8 Å². The Labute approximate surface area is 151 Å². The molecule has 0 spiro atoms. The normalized spacial score (nSPS) is 11.5. The second-order valence-electron chi connectivity index (χ2n) is 6.38. The summed E-state index contributed by atoms with van der Waals surface area (Å²) in [6.07, 6.45) is 1.69. The quantitative estimate of drug-likeness (QED) is 0.708. The van der Waals surface area contributed by atoms with Crippen molar-refractivity contribution in [1.29, 1.82) is 5.26 Å². The number of nitriles is 1. The number of aromatic amines is 1. The van der Waals surface area contributed by atoms with Crippen LogP contribution in [0, 0.1) is 17.2 Å². The van der Waals surface area contributed by atoms with Gasteiger partial charge in [-0.05, 0) is 41.8 Å². The Morgan fingerprint density at radius 3 is 2.85 bits per heavy atom. The Hall–Kier alpha value is -3.39. The van der Waals surface area contributed by atoms with E-state index < -0.39 is 0 Å². The summed E-state index contributed by atoms with van der Waals surface area (Å²) in [5.74, 6) is 1.42. The Morgan fingerprint density at radius 1 is 1.27 bits per heavy atom. The number of nitrogens with one attached hydrogen (secondary N) is 1. The van der Waals surface area contributed by atoms with Gasteiger partial charge in [-0.15, -0.1) is 0 Å². The zero-order valence-electron chi connectivity index (χ0n) is 14.7. The third-order valence-corrected chi connectivity index (χ3v) is 3.74. The highest BCUT2D eigenvalue weighted by Crippen LogP contribution is 2.20. The molecule has 1 aromatic heterocycles. The molecule has 0 aliphatic heterocycles. The van der Waals surface area contributed by atoms with Gasteiger partial charge in [0.2, 0.25) is 0 Å². The third-order valence-electron chi connectivity index (χ3n) is 3.74. The Morgan fingerprint density at radius 2 is 2.08 bits per heavy atom. The highest BCUT2D eigenvalue weighted by Gasteiger charge is 2.08. The molecule has 0 saturated heterocycles. The van der Waals surface area contributed by atoms with Crippen molar-refractivity contribution in [1.82, 2.24) is 9.97 Å². The zero-order valence-corrected chi connectivity index (χ0v) is 14.7. The van der Waals surface area contributed by atoms with Crippen LogP contribution >= 0.6 is 0 Å². The molecule has 3 aromatic rings. The molecule has 26 heavy (non-hydrogen) atoms. The molecule has 0 aliphatic rings. The Balaban J connectivity index is 1.98. The summed E-state index contributed by atoms with van der Waals surface area (Å²) < 4.78 is 5.72. The fourth-order valence-electron chi connectivity index (χ4n) is 2.49. The lowest BCUT2D eigenvalue weighted by Crippen LogP contribution is -2.11. The topological polar surface area (TPSA) is 78.8 Å². The van der Waals surface area contributed by atoms with E-state index in [2.05, 4.69) is 29.9 Å². The predicted octanol–water partition coefficient (Wildman–Crippen LogP) is 4.02. The van der Waals surface area contributed by atoms with Crippen LogP contribution in [0.15, 0.2) is 53.3 Å². The third kappa shape index (κ3) is 3.98. The molecule has 5 heteroatoms. The van der Waals surface area contributed by atoms with Crippen LogP contribution in [-0.2, 0) is 0 Å². The van der Waals surface area contributed by atoms with Gasteiger partial charge in [-0.3, -0.25) is 4.79 Å². The maximum atomic E-state index is 12.2. The molecule has 0 fully saturated rings. The number of H-pyrrole nitrogens is 1. The number of benzene rings is 2. The van der Waals surface area contributed by atoms with Gasteiger partial charge in [0.25, 0.3) is 5.56 Å². The molecule has 3 rings (SSSR count). The molecule has 0 bridgehead atoms. The van der Waals surface area contributed by atoms with Gasteiger partial charge in [-0.25, -0.2) is 4.98 Å². The maximum absolute atomic E-state index is 12.2. The van der Waals surface area contributed by atoms with E-state index in [1.54, 1.807) is 24.3 Å². The first kappa shape index (κ1) is 17.4. The van der Waals surface area contributed by atoms with Crippen LogP contribution in [0.25, 0.3) is 22.6 Å². The van der Waals surface area contributed by atoms with Crippen molar-refractivity contribution in [2.45, 2.75) is 13.8 Å². The van der Waals surface area contributed by atoms with E-state index in [9.17, 15) is 10.1 Å². The second-order valence-corrected chi connectivity index (χ2v) is 6.38. The number of hydrogen-bond acceptors (Lipinski definition) is 4. The van der Waals surface area contributed by atoms with Crippen molar-refractivity contribution in [3.8, 4) is 11.8 Å². The molecule has 5 nitrogen and oxygen atoms in total. The minimum Gasteiger partial charge on any atom is -0.493 e. The Bertz CT molecular complexity index is 1060. The minimum absolute atomic E-state index is 0.254. The molecular formula is C21H19N3O2. The number of hydrogen-bond donors (Lipinski definition) is 1. The fraction of sp³-hybridized carbons (Fsp3) is 0.190. The first-order chi connectivity index (χ1) is 12.6. The summed E-state index contributed by atoms with van der Waals surface area (Å²) in [5, 5.41) is 10.0. The van der Waals surface area contributed by atoms with Crippen LogP contribution in [-0.4, -0.2) is 16.6 Å². The SMILES string of the molecule is CC(C)COc1cccc(/C=C(/C#N)c2nc3ccccc3c(=O)[nH]2)c1. The van der Waals surface area contributed by atoms with Gasteiger partial charge in [0.15, 0.2) is 5.82 Å². The summed E-state index contributed by atoms with van der Waals surface area (Å²) in [6, 6.07) is 16.6. The van der Waals surface area contributed by atoms with Crippen LogP contribution in [0.5, 0.6) is 5.75 Å². The maximum Gasteiger partial charge on any atom is 0.259 e. The standard InChI is InChI=1S/C21H19N3O2/c1-14(2)13-26-17-7-5-6-15(11-17)10-16(12-22)20-23-19-9-4-3-8-18(19)21(25)24-20/h3-11,14H,13H2,1-2H3,(H,23,24,25)/b16-10-. The average Bonchev–Trinajstić information content (AvgIpc) is 2.65. The molecule has 2 aromatic carbocycles. The smallest absolute Gasteiger partial charge is 0.259 e. The van der Waals surface area contributed by atoms with Gasteiger partial charge in [-0.2, -0.15) is 5.26 Å². The predicted molar refractivity (Wildman–Crippen MR) is 103 cm³/mol. The van der Waals surface area contributed by atoms with E-state index in [4.69, 9.17) is 4.74 Å². The molecule has 1 heterocycles. The molecule has 1 N–H and O–H groups in total. The van der Waals surface area contributed by atoms with Gasteiger partial charge < -0.3 is 9.72 Å². The van der Waals surface area contributed by atoms with Gasteiger partial charge in [0, 0.05) is 0 Å². The van der Waals surface area contributed by atoms with E-state index >= 15 is 0 Å². The lowest BCUT2D eigenvalue weighted by atomic mass is 10.1. The second kappa shape index (κ2) is 7.66. The summed E-state index contributed by atoms with van der Waals surface area (Å²) in [6.45, 7) is 4.79. The molecule has 0 unspecified atom stereocenters. The van der Waals surface area contributed by atoms with Crippen LogP contribution in [0.2, 0.25) is 0 Å². The number of ether oxygens (including phenoxy) is 1. The van der Waals surface area contributed by atoms with Crippen molar-refractivity contribution < 1.29 is 4.74 Å². The van der Waals surface area contributed by atoms with Gasteiger partial charge in [0.05, 0.1) is 23.1 Å². The number of fused-ring (bicyclic) bond motifs is 1. The molecule has 0 atom stereocenters. The first-order valence-electron chi connectivity index (χ1n) is 8.41. The molecular weight excluding hydrogens is 326 g/mol. The lowest BCUT2D eigenvalue weighted by Gasteiger charge is -2.09. The van der Waals surface area contributed by atoms with Crippen LogP contribution < -0.4 is 10.3 Å². The first-order valence-corrected chi connectivity index (χ1v) is 8.41. The highest BCUT2D eigenvalue weighted by atomic mass is 16.5. The van der Waals surface area contributed by atoms with Gasteiger partial charge in [-0.1, -0.05) is 38.1 Å². The van der Waals surface area contributed by atoms with Crippen molar-refractivity contribution >= 4 is 22.6 Å². The minimum atomic E-state index is -0.263. The molecule has 0 radical (unpaired) electrons. The molecule has 130 valence electrons. The van der Waals surface area contributed by atoms with Crippen LogP contribution in [0.3, 0.4) is 0 Å². The van der Waals surface area contributed by atoms with E-state index in [1.165, 1.54) is 0 Å². The van der Waals surface area contributed by atoms with E-state index in [-0.39, 0.29) is 17.0 Å². The lowest BCUT2D eigenvalue weighted by molar-refractivity contribution is 0.271. The van der Waals surface area contributed by atoms with Crippen molar-refractivity contribution in [3.05, 3.63) is 70.3 Å². The van der Waals surface area contributed by atoms with E-state index in [0.717, 1.165) is 11.3 Å². The van der Waals surface area contributed by atoms with E-state index in [0.29, 0.717) is 23.4 Å². The zero-order chi connectivity index (χ0) is 18.5. The number of para-hydroxylation sites is 1. The highest BCUT2D eigenvalue weighted by molar-refractivity contribution is 5.89. The number of nitrogens with zero attached hydrogens (tertiary/aromatic N) is 2. The number of allylic oxidation sites excluding steroid dienone is 1. The molecule has 0 amide bonds. The van der Waals surface area contributed by atoms with Crippen LogP contribution in [0.1, 0.15) is 25.2 Å².